The summed E-state index contributed by atoms with van der Waals surface area (Å²) in [6, 6.07) is 17.1. The van der Waals surface area contributed by atoms with Crippen molar-refractivity contribution in [2.75, 3.05) is 11.6 Å². The van der Waals surface area contributed by atoms with Crippen molar-refractivity contribution in [3.63, 3.8) is 0 Å². The zero-order valence-corrected chi connectivity index (χ0v) is 23.0. The van der Waals surface area contributed by atoms with E-state index in [1.165, 1.54) is 17.6 Å². The molecular weight excluding hydrogens is 500 g/mol. The normalized spacial score (nSPS) is 12.8. The summed E-state index contributed by atoms with van der Waals surface area (Å²) in [6.07, 6.45) is 3.25. The molecule has 0 atom stereocenters. The van der Waals surface area contributed by atoms with E-state index < -0.39 is 14.6 Å². The summed E-state index contributed by atoms with van der Waals surface area (Å²) in [7, 11) is -1.30. The number of hydrogen-bond acceptors (Lipinski definition) is 4. The van der Waals surface area contributed by atoms with Gasteiger partial charge in [-0.25, -0.2) is 8.42 Å². The first-order chi connectivity index (χ1) is 16.2. The first-order valence-corrected chi connectivity index (χ1v) is 14.3. The van der Waals surface area contributed by atoms with Gasteiger partial charge in [0.15, 0.2) is 9.84 Å². The van der Waals surface area contributed by atoms with Crippen LogP contribution in [0.2, 0.25) is 5.02 Å². The minimum atomic E-state index is -3.30. The molecule has 1 N–H and O–H groups in total. The molecule has 0 spiro atoms. The second-order valence-electron chi connectivity index (χ2n) is 9.96. The number of thiophene rings is 1. The Morgan fingerprint density at radius 2 is 1.71 bits per heavy atom. The predicted molar refractivity (Wildman–Crippen MR) is 147 cm³/mol. The van der Waals surface area contributed by atoms with Crippen LogP contribution in [0.25, 0.3) is 10.1 Å². The molecule has 0 unspecified atom stereocenters. The lowest BCUT2D eigenvalue weighted by molar-refractivity contribution is 0.103. The molecule has 0 aliphatic heterocycles. The van der Waals surface area contributed by atoms with Crippen molar-refractivity contribution in [2.24, 2.45) is 7.05 Å². The van der Waals surface area contributed by atoms with Gasteiger partial charge < -0.3 is 9.88 Å². The summed E-state index contributed by atoms with van der Waals surface area (Å²) in [5.41, 5.74) is 3.12. The minimum Gasteiger partial charge on any atom is -0.354 e. The molecule has 0 bridgehead atoms. The number of carbonyl (C=O) groups is 1. The highest BCUT2D eigenvalue weighted by Crippen LogP contribution is 2.36. The van der Waals surface area contributed by atoms with E-state index in [-0.39, 0.29) is 11.3 Å². The Hall–Kier alpha value is -2.61. The number of aromatic nitrogens is 1. The number of benzene rings is 2. The molecule has 2 aromatic heterocycles. The lowest BCUT2D eigenvalue weighted by Gasteiger charge is -2.27. The monoisotopic (exact) mass is 528 g/mol. The Kier molecular flexibility index (Phi) is 6.41. The number of fused-ring (bicyclic) bond motifs is 1. The van der Waals surface area contributed by atoms with Crippen molar-refractivity contribution in [1.82, 2.24) is 4.57 Å². The summed E-state index contributed by atoms with van der Waals surface area (Å²) in [5, 5.41) is 4.37. The van der Waals surface area contributed by atoms with Gasteiger partial charge in [-0.3, -0.25) is 4.79 Å². The molecule has 4 aromatic rings. The zero-order chi connectivity index (χ0) is 25.8. The highest BCUT2D eigenvalue weighted by Gasteiger charge is 2.32. The van der Waals surface area contributed by atoms with Crippen LogP contribution >= 0.6 is 22.9 Å². The second-order valence-corrected chi connectivity index (χ2v) is 14.0. The van der Waals surface area contributed by atoms with E-state index in [2.05, 4.69) is 29.8 Å². The summed E-state index contributed by atoms with van der Waals surface area (Å²) in [5.74, 6) is -0.236. The first-order valence-electron chi connectivity index (χ1n) is 11.2. The topological polar surface area (TPSA) is 68.2 Å². The number of anilines is 1. The molecule has 0 aliphatic rings. The van der Waals surface area contributed by atoms with Crippen molar-refractivity contribution in [1.29, 1.82) is 0 Å². The fraction of sp³-hybridized carbons (Fsp3) is 0.296. The maximum absolute atomic E-state index is 13.1. The quantitative estimate of drug-likeness (QED) is 0.301. The van der Waals surface area contributed by atoms with Crippen LogP contribution in [0.1, 0.15) is 54.2 Å². The largest absolute Gasteiger partial charge is 0.354 e. The van der Waals surface area contributed by atoms with Crippen LogP contribution in [0, 0.1) is 0 Å². The standard InChI is InChI=1S/C27H29ClN2O3S2/c1-26(2,24-8-7-11-30(24)5)19-14-20(28)16-21(15-19)29-25(31)23-13-17-12-18(9-10-22(17)34-23)27(3,4)35(6,32)33/h7-16H,1-6H3,(H,29,31). The number of nitrogens with one attached hydrogen (secondary N) is 1. The summed E-state index contributed by atoms with van der Waals surface area (Å²) < 4.78 is 26.5. The van der Waals surface area contributed by atoms with Crippen LogP contribution in [0.3, 0.4) is 0 Å². The minimum absolute atomic E-state index is 0.236. The zero-order valence-electron chi connectivity index (χ0n) is 20.6. The molecule has 184 valence electrons. The van der Waals surface area contributed by atoms with E-state index in [0.29, 0.717) is 21.2 Å². The van der Waals surface area contributed by atoms with Crippen LogP contribution in [0.5, 0.6) is 0 Å². The molecule has 2 aromatic carbocycles. The van der Waals surface area contributed by atoms with Crippen molar-refractivity contribution >= 4 is 54.5 Å². The van der Waals surface area contributed by atoms with Crippen molar-refractivity contribution < 1.29 is 13.2 Å². The number of aryl methyl sites for hydroxylation is 1. The van der Waals surface area contributed by atoms with E-state index in [0.717, 1.165) is 21.3 Å². The van der Waals surface area contributed by atoms with Gasteiger partial charge in [0.25, 0.3) is 5.91 Å². The average Bonchev–Trinajstić information content (AvgIpc) is 3.38. The molecule has 0 radical (unpaired) electrons. The number of sulfone groups is 1. The molecule has 0 aliphatic carbocycles. The van der Waals surface area contributed by atoms with Gasteiger partial charge in [0, 0.05) is 46.0 Å². The summed E-state index contributed by atoms with van der Waals surface area (Å²) in [4.78, 5) is 13.7. The van der Waals surface area contributed by atoms with Gasteiger partial charge in [-0.2, -0.15) is 0 Å². The average molecular weight is 529 g/mol. The van der Waals surface area contributed by atoms with Gasteiger partial charge in [-0.15, -0.1) is 11.3 Å². The molecular formula is C27H29ClN2O3S2. The first kappa shape index (κ1) is 25.5. The van der Waals surface area contributed by atoms with E-state index in [9.17, 15) is 13.2 Å². The van der Waals surface area contributed by atoms with Crippen molar-refractivity contribution in [3.8, 4) is 0 Å². The maximum Gasteiger partial charge on any atom is 0.265 e. The van der Waals surface area contributed by atoms with Crippen LogP contribution in [0.15, 0.2) is 60.8 Å². The lowest BCUT2D eigenvalue weighted by atomic mass is 9.81. The molecule has 4 rings (SSSR count). The number of rotatable bonds is 6. The van der Waals surface area contributed by atoms with Crippen molar-refractivity contribution in [2.45, 2.75) is 37.9 Å². The van der Waals surface area contributed by atoms with Gasteiger partial charge in [0.2, 0.25) is 0 Å². The Morgan fingerprint density at radius 3 is 2.34 bits per heavy atom. The van der Waals surface area contributed by atoms with Crippen molar-refractivity contribution in [3.05, 3.63) is 87.5 Å². The van der Waals surface area contributed by atoms with Gasteiger partial charge >= 0.3 is 0 Å². The Morgan fingerprint density at radius 1 is 1.00 bits per heavy atom. The van der Waals surface area contributed by atoms with Gasteiger partial charge in [0.1, 0.15) is 0 Å². The molecule has 8 heteroatoms. The third-order valence-corrected chi connectivity index (χ3v) is 10.2. The van der Waals surface area contributed by atoms with Crippen LogP contribution in [0.4, 0.5) is 5.69 Å². The third kappa shape index (κ3) is 4.77. The van der Waals surface area contributed by atoms with Crippen LogP contribution in [-0.2, 0) is 27.0 Å². The van der Waals surface area contributed by atoms with Gasteiger partial charge in [-0.05, 0) is 78.9 Å². The Bertz CT molecular complexity index is 1550. The number of nitrogens with zero attached hydrogens (tertiary/aromatic N) is 1. The summed E-state index contributed by atoms with van der Waals surface area (Å²) in [6.45, 7) is 7.64. The van der Waals surface area contributed by atoms with Gasteiger partial charge in [-0.1, -0.05) is 31.5 Å². The fourth-order valence-electron chi connectivity index (χ4n) is 4.22. The molecule has 0 saturated heterocycles. The Balaban J connectivity index is 1.64. The highest BCUT2D eigenvalue weighted by atomic mass is 35.5. The van der Waals surface area contributed by atoms with E-state index in [1.807, 2.05) is 49.6 Å². The number of halogens is 1. The molecule has 35 heavy (non-hydrogen) atoms. The highest BCUT2D eigenvalue weighted by molar-refractivity contribution is 7.91. The van der Waals surface area contributed by atoms with E-state index >= 15 is 0 Å². The molecule has 2 heterocycles. The maximum atomic E-state index is 13.1. The van der Waals surface area contributed by atoms with Crippen LogP contribution < -0.4 is 5.32 Å². The predicted octanol–water partition coefficient (Wildman–Crippen LogP) is 6.75. The van der Waals surface area contributed by atoms with E-state index in [4.69, 9.17) is 11.6 Å². The smallest absolute Gasteiger partial charge is 0.265 e. The van der Waals surface area contributed by atoms with E-state index in [1.54, 1.807) is 26.0 Å². The van der Waals surface area contributed by atoms with Gasteiger partial charge in [0.05, 0.1) is 9.62 Å². The Labute approximate surface area is 215 Å². The molecule has 1 amide bonds. The third-order valence-electron chi connectivity index (χ3n) is 6.82. The molecule has 0 saturated carbocycles. The lowest BCUT2D eigenvalue weighted by Crippen LogP contribution is -2.27. The number of amides is 1. The molecule has 5 nitrogen and oxygen atoms in total. The number of carbonyl (C=O) groups excluding carboxylic acids is 1. The van der Waals surface area contributed by atoms with Crippen LogP contribution in [-0.4, -0.2) is 25.1 Å². The summed E-state index contributed by atoms with van der Waals surface area (Å²) >= 11 is 7.81. The fourth-order valence-corrected chi connectivity index (χ4v) is 5.95. The SMILES string of the molecule is Cn1cccc1C(C)(C)c1cc(Cl)cc(NC(=O)c2cc3cc(C(C)(C)S(C)(=O)=O)ccc3s2)c1. The molecule has 0 fully saturated rings. The second kappa shape index (κ2) is 8.80. The number of hydrogen-bond donors (Lipinski definition) is 1.